The van der Waals surface area contributed by atoms with Crippen LogP contribution in [-0.2, 0) is 4.79 Å². The van der Waals surface area contributed by atoms with Gasteiger partial charge >= 0.3 is 0 Å². The van der Waals surface area contributed by atoms with Gasteiger partial charge in [-0.25, -0.2) is 0 Å². The molecule has 4 heteroatoms. The zero-order chi connectivity index (χ0) is 13.5. The van der Waals surface area contributed by atoms with Crippen molar-refractivity contribution in [3.05, 3.63) is 30.3 Å². The van der Waals surface area contributed by atoms with Gasteiger partial charge < -0.3 is 10.0 Å². The molecule has 0 bridgehead atoms. The van der Waals surface area contributed by atoms with Crippen LogP contribution in [0.3, 0.4) is 0 Å². The third kappa shape index (κ3) is 3.55. The van der Waals surface area contributed by atoms with Crippen LogP contribution in [0, 0.1) is 0 Å². The molecule has 0 fully saturated rings. The number of anilines is 1. The third-order valence-corrected chi connectivity index (χ3v) is 3.17. The predicted molar refractivity (Wildman–Crippen MR) is 73.6 cm³/mol. The highest BCUT2D eigenvalue weighted by molar-refractivity contribution is 5.96. The molecule has 1 aromatic carbocycles. The lowest BCUT2D eigenvalue weighted by Crippen LogP contribution is -2.46. The van der Waals surface area contributed by atoms with Gasteiger partial charge in [-0.2, -0.15) is 0 Å². The van der Waals surface area contributed by atoms with E-state index in [0.29, 0.717) is 6.54 Å². The van der Waals surface area contributed by atoms with Crippen LogP contribution >= 0.6 is 0 Å². The zero-order valence-electron chi connectivity index (χ0n) is 11.3. The SMILES string of the molecule is CCN(CCO)C(C)C(=O)N(C)c1ccccc1. The summed E-state index contributed by atoms with van der Waals surface area (Å²) in [5, 5.41) is 8.99. The maximum absolute atomic E-state index is 12.3. The highest BCUT2D eigenvalue weighted by Crippen LogP contribution is 2.13. The molecule has 1 atom stereocenters. The maximum Gasteiger partial charge on any atom is 0.243 e. The number of carbonyl (C=O) groups is 1. The number of likely N-dealkylation sites (N-methyl/N-ethyl adjacent to an activating group) is 2. The molecule has 0 aliphatic carbocycles. The summed E-state index contributed by atoms with van der Waals surface area (Å²) in [6.07, 6.45) is 0. The molecule has 0 radical (unpaired) electrons. The van der Waals surface area contributed by atoms with Crippen molar-refractivity contribution in [3.8, 4) is 0 Å². The second kappa shape index (κ2) is 7.13. The van der Waals surface area contributed by atoms with Crippen LogP contribution in [0.4, 0.5) is 5.69 Å². The summed E-state index contributed by atoms with van der Waals surface area (Å²) in [7, 11) is 1.78. The van der Waals surface area contributed by atoms with E-state index in [2.05, 4.69) is 0 Å². The number of hydrogen-bond donors (Lipinski definition) is 1. The van der Waals surface area contributed by atoms with E-state index in [1.807, 2.05) is 49.1 Å². The Morgan fingerprint density at radius 2 is 1.94 bits per heavy atom. The minimum absolute atomic E-state index is 0.0384. The second-order valence-corrected chi connectivity index (χ2v) is 4.26. The number of carbonyl (C=O) groups excluding carboxylic acids is 1. The first-order valence-electron chi connectivity index (χ1n) is 6.29. The first kappa shape index (κ1) is 14.7. The number of benzene rings is 1. The van der Waals surface area contributed by atoms with Crippen molar-refractivity contribution >= 4 is 11.6 Å². The Kier molecular flexibility index (Phi) is 5.82. The van der Waals surface area contributed by atoms with Crippen LogP contribution in [0.15, 0.2) is 30.3 Å². The second-order valence-electron chi connectivity index (χ2n) is 4.26. The molecule has 4 nitrogen and oxygen atoms in total. The summed E-state index contributed by atoms with van der Waals surface area (Å²) < 4.78 is 0. The highest BCUT2D eigenvalue weighted by atomic mass is 16.3. The molecule has 0 saturated carbocycles. The standard InChI is InChI=1S/C14H22N2O2/c1-4-16(10-11-17)12(2)14(18)15(3)13-8-6-5-7-9-13/h5-9,12,17H,4,10-11H2,1-3H3. The average molecular weight is 250 g/mol. The summed E-state index contributed by atoms with van der Waals surface area (Å²) in [6.45, 7) is 5.20. The molecular weight excluding hydrogens is 228 g/mol. The Balaban J connectivity index is 2.74. The van der Waals surface area contributed by atoms with Gasteiger partial charge in [0.1, 0.15) is 0 Å². The van der Waals surface area contributed by atoms with Gasteiger partial charge in [0.25, 0.3) is 0 Å². The lowest BCUT2D eigenvalue weighted by atomic mass is 10.2. The quantitative estimate of drug-likeness (QED) is 0.829. The van der Waals surface area contributed by atoms with Crippen molar-refractivity contribution in [2.24, 2.45) is 0 Å². The van der Waals surface area contributed by atoms with Crippen LogP contribution in [0.1, 0.15) is 13.8 Å². The van der Waals surface area contributed by atoms with Crippen molar-refractivity contribution in [3.63, 3.8) is 0 Å². The fraction of sp³-hybridized carbons (Fsp3) is 0.500. The van der Waals surface area contributed by atoms with E-state index in [1.165, 1.54) is 0 Å². The van der Waals surface area contributed by atoms with Crippen LogP contribution in [-0.4, -0.2) is 48.7 Å². The third-order valence-electron chi connectivity index (χ3n) is 3.17. The van der Waals surface area contributed by atoms with E-state index < -0.39 is 0 Å². The predicted octanol–water partition coefficient (Wildman–Crippen LogP) is 1.35. The van der Waals surface area contributed by atoms with Crippen molar-refractivity contribution in [1.82, 2.24) is 4.90 Å². The van der Waals surface area contributed by atoms with Gasteiger partial charge in [-0.05, 0) is 25.6 Å². The molecule has 1 N–H and O–H groups in total. The minimum atomic E-state index is -0.229. The van der Waals surface area contributed by atoms with Gasteiger partial charge in [0, 0.05) is 19.3 Å². The zero-order valence-corrected chi connectivity index (χ0v) is 11.3. The summed E-state index contributed by atoms with van der Waals surface area (Å²) in [5.41, 5.74) is 0.884. The van der Waals surface area contributed by atoms with Crippen LogP contribution in [0.5, 0.6) is 0 Å². The molecule has 18 heavy (non-hydrogen) atoms. The normalized spacial score (nSPS) is 12.5. The smallest absolute Gasteiger partial charge is 0.243 e. The molecule has 0 aliphatic rings. The van der Waals surface area contributed by atoms with Crippen molar-refractivity contribution < 1.29 is 9.90 Å². The van der Waals surface area contributed by atoms with Crippen LogP contribution in [0.2, 0.25) is 0 Å². The Morgan fingerprint density at radius 3 is 2.44 bits per heavy atom. The van der Waals surface area contributed by atoms with Gasteiger partial charge in [0.05, 0.1) is 12.6 Å². The molecule has 100 valence electrons. The van der Waals surface area contributed by atoms with E-state index in [9.17, 15) is 4.79 Å². The Bertz CT molecular complexity index is 367. The first-order valence-corrected chi connectivity index (χ1v) is 6.29. The molecule has 0 spiro atoms. The first-order chi connectivity index (χ1) is 8.61. The number of rotatable bonds is 6. The molecule has 1 unspecified atom stereocenters. The molecule has 1 amide bonds. The van der Waals surface area contributed by atoms with Crippen molar-refractivity contribution in [2.75, 3.05) is 31.6 Å². The van der Waals surface area contributed by atoms with Crippen molar-refractivity contribution in [1.29, 1.82) is 0 Å². The average Bonchev–Trinajstić information content (AvgIpc) is 2.43. The lowest BCUT2D eigenvalue weighted by molar-refractivity contribution is -0.123. The largest absolute Gasteiger partial charge is 0.395 e. The summed E-state index contributed by atoms with van der Waals surface area (Å²) in [4.78, 5) is 15.9. The molecule has 1 aromatic rings. The van der Waals surface area contributed by atoms with Crippen LogP contribution < -0.4 is 4.90 Å². The number of hydrogen-bond acceptors (Lipinski definition) is 3. The topological polar surface area (TPSA) is 43.8 Å². The Labute approximate surface area is 109 Å². The van der Waals surface area contributed by atoms with Gasteiger partial charge in [-0.15, -0.1) is 0 Å². The number of aliphatic hydroxyl groups excluding tert-OH is 1. The van der Waals surface area contributed by atoms with Crippen LogP contribution in [0.25, 0.3) is 0 Å². The Morgan fingerprint density at radius 1 is 1.33 bits per heavy atom. The summed E-state index contributed by atoms with van der Waals surface area (Å²) in [5.74, 6) is 0.0384. The van der Waals surface area contributed by atoms with E-state index in [1.54, 1.807) is 11.9 Å². The number of para-hydroxylation sites is 1. The van der Waals surface area contributed by atoms with Gasteiger partial charge in [0.15, 0.2) is 0 Å². The number of nitrogens with zero attached hydrogens (tertiary/aromatic N) is 2. The highest BCUT2D eigenvalue weighted by Gasteiger charge is 2.23. The minimum Gasteiger partial charge on any atom is -0.395 e. The van der Waals surface area contributed by atoms with E-state index in [-0.39, 0.29) is 18.6 Å². The molecule has 0 heterocycles. The van der Waals surface area contributed by atoms with Crippen molar-refractivity contribution in [2.45, 2.75) is 19.9 Å². The van der Waals surface area contributed by atoms with Gasteiger partial charge in [-0.1, -0.05) is 25.1 Å². The molecule has 0 aromatic heterocycles. The summed E-state index contributed by atoms with van der Waals surface area (Å²) in [6, 6.07) is 9.34. The lowest BCUT2D eigenvalue weighted by Gasteiger charge is -2.29. The molecule has 1 rings (SSSR count). The fourth-order valence-electron chi connectivity index (χ4n) is 1.97. The fourth-order valence-corrected chi connectivity index (χ4v) is 1.97. The number of aliphatic hydroxyl groups is 1. The Hall–Kier alpha value is -1.39. The monoisotopic (exact) mass is 250 g/mol. The van der Waals surface area contributed by atoms with E-state index >= 15 is 0 Å². The molecular formula is C14H22N2O2. The van der Waals surface area contributed by atoms with Gasteiger partial charge in [0.2, 0.25) is 5.91 Å². The number of amides is 1. The van der Waals surface area contributed by atoms with E-state index in [0.717, 1.165) is 12.2 Å². The molecule has 0 aliphatic heterocycles. The van der Waals surface area contributed by atoms with Gasteiger partial charge in [-0.3, -0.25) is 9.69 Å². The maximum atomic E-state index is 12.3. The molecule has 0 saturated heterocycles. The summed E-state index contributed by atoms with van der Waals surface area (Å²) >= 11 is 0. The van der Waals surface area contributed by atoms with E-state index in [4.69, 9.17) is 5.11 Å².